The van der Waals surface area contributed by atoms with E-state index in [2.05, 4.69) is 27.6 Å². The smallest absolute Gasteiger partial charge is 0.239 e. The number of rotatable bonds is 8. The van der Waals surface area contributed by atoms with Crippen LogP contribution in [0.3, 0.4) is 0 Å². The Balaban J connectivity index is 2.01. The van der Waals surface area contributed by atoms with E-state index in [-0.39, 0.29) is 0 Å². The van der Waals surface area contributed by atoms with E-state index < -0.39 is 0 Å². The molecule has 1 aromatic heterocycles. The molecule has 0 aliphatic heterocycles. The standard InChI is InChI=1S/C14H21N5O/c1-2-9-20-10-5-8-16-13-11-6-3-4-7-12(11)17-14(18-13)19-15/h3-4,6-7H,2,5,8-10,15H2,1H3,(H2,16,17,18,19). The fourth-order valence-corrected chi connectivity index (χ4v) is 1.90. The number of aromatic nitrogens is 2. The Kier molecular flexibility index (Phi) is 5.52. The quantitative estimate of drug-likeness (QED) is 0.389. The molecule has 0 unspecified atom stereocenters. The van der Waals surface area contributed by atoms with E-state index in [1.807, 2.05) is 24.3 Å². The predicted octanol–water partition coefficient (Wildman–Crippen LogP) is 2.14. The van der Waals surface area contributed by atoms with Crippen molar-refractivity contribution in [1.29, 1.82) is 0 Å². The molecule has 6 nitrogen and oxygen atoms in total. The third-order valence-electron chi connectivity index (χ3n) is 2.84. The number of nitrogen functional groups attached to an aromatic ring is 1. The zero-order chi connectivity index (χ0) is 14.2. The third kappa shape index (κ3) is 3.79. The van der Waals surface area contributed by atoms with E-state index in [4.69, 9.17) is 10.6 Å². The van der Waals surface area contributed by atoms with Crippen molar-refractivity contribution >= 4 is 22.7 Å². The highest BCUT2D eigenvalue weighted by molar-refractivity contribution is 5.89. The summed E-state index contributed by atoms with van der Waals surface area (Å²) in [7, 11) is 0. The van der Waals surface area contributed by atoms with E-state index >= 15 is 0 Å². The predicted molar refractivity (Wildman–Crippen MR) is 81.6 cm³/mol. The molecule has 2 rings (SSSR count). The molecule has 0 fully saturated rings. The molecule has 4 N–H and O–H groups in total. The molecule has 0 saturated heterocycles. The first kappa shape index (κ1) is 14.5. The Morgan fingerprint density at radius 1 is 1.20 bits per heavy atom. The van der Waals surface area contributed by atoms with E-state index in [0.29, 0.717) is 5.95 Å². The van der Waals surface area contributed by atoms with Crippen LogP contribution in [0.4, 0.5) is 11.8 Å². The van der Waals surface area contributed by atoms with Gasteiger partial charge in [-0.1, -0.05) is 19.1 Å². The van der Waals surface area contributed by atoms with Crippen LogP contribution in [0.15, 0.2) is 24.3 Å². The van der Waals surface area contributed by atoms with Gasteiger partial charge in [0.25, 0.3) is 0 Å². The van der Waals surface area contributed by atoms with Gasteiger partial charge in [-0.15, -0.1) is 0 Å². The van der Waals surface area contributed by atoms with Crippen molar-refractivity contribution in [2.24, 2.45) is 5.84 Å². The Labute approximate surface area is 118 Å². The average Bonchev–Trinajstić information content (AvgIpc) is 2.50. The summed E-state index contributed by atoms with van der Waals surface area (Å²) in [6.45, 7) is 4.48. The van der Waals surface area contributed by atoms with Crippen LogP contribution in [0.25, 0.3) is 10.9 Å². The first-order chi connectivity index (χ1) is 9.85. The number of anilines is 2. The molecule has 108 valence electrons. The Morgan fingerprint density at radius 2 is 2.05 bits per heavy atom. The summed E-state index contributed by atoms with van der Waals surface area (Å²) in [4.78, 5) is 8.67. The molecule has 1 heterocycles. The summed E-state index contributed by atoms with van der Waals surface area (Å²) in [6, 6.07) is 7.84. The summed E-state index contributed by atoms with van der Waals surface area (Å²) in [5.41, 5.74) is 3.35. The van der Waals surface area contributed by atoms with Crippen molar-refractivity contribution in [1.82, 2.24) is 9.97 Å². The van der Waals surface area contributed by atoms with Crippen LogP contribution in [-0.2, 0) is 4.74 Å². The Morgan fingerprint density at radius 3 is 2.85 bits per heavy atom. The summed E-state index contributed by atoms with van der Waals surface area (Å²) >= 11 is 0. The molecule has 0 bridgehead atoms. The van der Waals surface area contributed by atoms with Crippen LogP contribution >= 0.6 is 0 Å². The number of nitrogens with one attached hydrogen (secondary N) is 2. The molecule has 0 aliphatic carbocycles. The molecule has 0 atom stereocenters. The van der Waals surface area contributed by atoms with Crippen molar-refractivity contribution in [3.05, 3.63) is 24.3 Å². The first-order valence-corrected chi connectivity index (χ1v) is 6.90. The maximum Gasteiger partial charge on any atom is 0.239 e. The number of ether oxygens (including phenoxy) is 1. The lowest BCUT2D eigenvalue weighted by Crippen LogP contribution is -2.13. The second-order valence-corrected chi connectivity index (χ2v) is 4.45. The molecule has 0 aliphatic rings. The number of hydrogen-bond acceptors (Lipinski definition) is 6. The summed E-state index contributed by atoms with van der Waals surface area (Å²) < 4.78 is 5.45. The van der Waals surface area contributed by atoms with Gasteiger partial charge < -0.3 is 10.1 Å². The normalized spacial score (nSPS) is 10.7. The van der Waals surface area contributed by atoms with Gasteiger partial charge in [-0.25, -0.2) is 10.8 Å². The minimum atomic E-state index is 0.411. The summed E-state index contributed by atoms with van der Waals surface area (Å²) in [5, 5.41) is 4.30. The highest BCUT2D eigenvalue weighted by atomic mass is 16.5. The summed E-state index contributed by atoms with van der Waals surface area (Å²) in [5.74, 6) is 6.60. The molecule has 0 saturated carbocycles. The van der Waals surface area contributed by atoms with Crippen LogP contribution < -0.4 is 16.6 Å². The number of para-hydroxylation sites is 1. The van der Waals surface area contributed by atoms with E-state index in [1.54, 1.807) is 0 Å². The number of hydrogen-bond donors (Lipinski definition) is 3. The zero-order valence-corrected chi connectivity index (χ0v) is 11.7. The number of benzene rings is 1. The van der Waals surface area contributed by atoms with Crippen molar-refractivity contribution in [2.45, 2.75) is 19.8 Å². The average molecular weight is 275 g/mol. The number of nitrogens with two attached hydrogens (primary N) is 1. The van der Waals surface area contributed by atoms with Gasteiger partial charge >= 0.3 is 0 Å². The maximum absolute atomic E-state index is 5.45. The van der Waals surface area contributed by atoms with Crippen LogP contribution in [0.2, 0.25) is 0 Å². The third-order valence-corrected chi connectivity index (χ3v) is 2.84. The zero-order valence-electron chi connectivity index (χ0n) is 11.7. The van der Waals surface area contributed by atoms with E-state index in [9.17, 15) is 0 Å². The van der Waals surface area contributed by atoms with Crippen molar-refractivity contribution in [3.8, 4) is 0 Å². The minimum absolute atomic E-state index is 0.411. The van der Waals surface area contributed by atoms with Gasteiger partial charge in [-0.3, -0.25) is 5.43 Å². The topological polar surface area (TPSA) is 85.1 Å². The molecular formula is C14H21N5O. The van der Waals surface area contributed by atoms with E-state index in [1.165, 1.54) is 0 Å². The monoisotopic (exact) mass is 275 g/mol. The molecule has 0 radical (unpaired) electrons. The van der Waals surface area contributed by atoms with Crippen molar-refractivity contribution in [3.63, 3.8) is 0 Å². The van der Waals surface area contributed by atoms with Crippen LogP contribution in [0.5, 0.6) is 0 Å². The summed E-state index contributed by atoms with van der Waals surface area (Å²) in [6.07, 6.45) is 1.99. The Bertz CT molecular complexity index is 546. The van der Waals surface area contributed by atoms with Gasteiger partial charge in [0.2, 0.25) is 5.95 Å². The maximum atomic E-state index is 5.45. The second-order valence-electron chi connectivity index (χ2n) is 4.45. The van der Waals surface area contributed by atoms with Gasteiger partial charge in [0, 0.05) is 25.1 Å². The largest absolute Gasteiger partial charge is 0.381 e. The van der Waals surface area contributed by atoms with Gasteiger partial charge in [0.15, 0.2) is 0 Å². The number of fused-ring (bicyclic) bond motifs is 1. The van der Waals surface area contributed by atoms with Crippen molar-refractivity contribution in [2.75, 3.05) is 30.5 Å². The lowest BCUT2D eigenvalue weighted by atomic mass is 10.2. The number of hydrazine groups is 1. The van der Waals surface area contributed by atoms with Crippen LogP contribution in [-0.4, -0.2) is 29.7 Å². The van der Waals surface area contributed by atoms with Crippen LogP contribution in [0.1, 0.15) is 19.8 Å². The van der Waals surface area contributed by atoms with Gasteiger partial charge in [0.05, 0.1) is 5.52 Å². The molecule has 6 heteroatoms. The second kappa shape index (κ2) is 7.62. The highest BCUT2D eigenvalue weighted by Gasteiger charge is 2.05. The van der Waals surface area contributed by atoms with Gasteiger partial charge in [0.1, 0.15) is 5.82 Å². The molecule has 0 spiro atoms. The first-order valence-electron chi connectivity index (χ1n) is 6.90. The minimum Gasteiger partial charge on any atom is -0.381 e. The molecule has 1 aromatic carbocycles. The molecular weight excluding hydrogens is 254 g/mol. The Hall–Kier alpha value is -1.92. The van der Waals surface area contributed by atoms with Crippen LogP contribution in [0, 0.1) is 0 Å². The number of nitrogens with zero attached hydrogens (tertiary/aromatic N) is 2. The fraction of sp³-hybridized carbons (Fsp3) is 0.429. The van der Waals surface area contributed by atoms with Gasteiger partial charge in [-0.2, -0.15) is 4.98 Å². The SMILES string of the molecule is CCCOCCCNc1nc(NN)nc2ccccc12. The molecule has 0 amide bonds. The highest BCUT2D eigenvalue weighted by Crippen LogP contribution is 2.21. The molecule has 20 heavy (non-hydrogen) atoms. The van der Waals surface area contributed by atoms with Crippen molar-refractivity contribution < 1.29 is 4.74 Å². The van der Waals surface area contributed by atoms with E-state index in [0.717, 1.165) is 49.3 Å². The lowest BCUT2D eigenvalue weighted by molar-refractivity contribution is 0.134. The fourth-order valence-electron chi connectivity index (χ4n) is 1.90. The van der Waals surface area contributed by atoms with Gasteiger partial charge in [-0.05, 0) is 25.0 Å². The lowest BCUT2D eigenvalue weighted by Gasteiger charge is -2.10. The molecule has 2 aromatic rings.